The van der Waals surface area contributed by atoms with Gasteiger partial charge in [-0.1, -0.05) is 30.3 Å². The fraction of sp³-hybridized carbons (Fsp3) is 0.308. The number of hydrogen-bond acceptors (Lipinski definition) is 5. The van der Waals surface area contributed by atoms with Crippen molar-refractivity contribution < 1.29 is 4.79 Å². The van der Waals surface area contributed by atoms with Gasteiger partial charge >= 0.3 is 0 Å². The second kappa shape index (κ2) is 8.65. The van der Waals surface area contributed by atoms with Gasteiger partial charge in [-0.3, -0.25) is 9.59 Å². The zero-order valence-corrected chi connectivity index (χ0v) is 19.0. The Bertz CT molecular complexity index is 1400. The Morgan fingerprint density at radius 3 is 2.58 bits per heavy atom. The van der Waals surface area contributed by atoms with Crippen LogP contribution in [0.3, 0.4) is 0 Å². The Morgan fingerprint density at radius 1 is 0.970 bits per heavy atom. The highest BCUT2D eigenvalue weighted by Gasteiger charge is 2.23. The number of pyridine rings is 1. The molecule has 1 aliphatic rings. The minimum absolute atomic E-state index is 0.0579. The third-order valence-electron chi connectivity index (χ3n) is 6.44. The number of H-pyrrole nitrogens is 1. The number of aromatic amines is 1. The molecule has 2 aromatic heterocycles. The molecule has 33 heavy (non-hydrogen) atoms. The van der Waals surface area contributed by atoms with Crippen LogP contribution in [-0.4, -0.2) is 51.9 Å². The van der Waals surface area contributed by atoms with Crippen LogP contribution in [0, 0.1) is 13.8 Å². The zero-order chi connectivity index (χ0) is 22.9. The quantitative estimate of drug-likeness (QED) is 0.525. The molecule has 0 bridgehead atoms. The number of piperazine rings is 1. The minimum atomic E-state index is -0.223. The normalized spacial score (nSPS) is 14.2. The maximum Gasteiger partial charge on any atom is 0.270 e. The molecule has 0 atom stereocenters. The number of hydrogen-bond donors (Lipinski definition) is 1. The molecule has 1 aliphatic heterocycles. The van der Waals surface area contributed by atoms with Crippen LogP contribution in [0.4, 0.5) is 5.82 Å². The maximum atomic E-state index is 12.8. The Kier molecular flexibility index (Phi) is 5.54. The lowest BCUT2D eigenvalue weighted by molar-refractivity contribution is -0.131. The molecule has 0 radical (unpaired) electrons. The lowest BCUT2D eigenvalue weighted by Gasteiger charge is -2.35. The van der Waals surface area contributed by atoms with Gasteiger partial charge in [-0.2, -0.15) is 0 Å². The number of carbonyl (C=O) groups excluding carboxylic acids is 1. The number of para-hydroxylation sites is 3. The molecule has 5 rings (SSSR count). The summed E-state index contributed by atoms with van der Waals surface area (Å²) in [4.78, 5) is 41.5. The van der Waals surface area contributed by atoms with Gasteiger partial charge in [-0.15, -0.1) is 0 Å². The molecule has 0 spiro atoms. The predicted molar refractivity (Wildman–Crippen MR) is 131 cm³/mol. The molecule has 0 saturated carbocycles. The van der Waals surface area contributed by atoms with Crippen LogP contribution in [0.2, 0.25) is 0 Å². The van der Waals surface area contributed by atoms with E-state index in [2.05, 4.69) is 53.0 Å². The van der Waals surface area contributed by atoms with Crippen molar-refractivity contribution >= 4 is 33.7 Å². The molecule has 1 saturated heterocycles. The second-order valence-electron chi connectivity index (χ2n) is 8.67. The molecule has 3 heterocycles. The maximum absolute atomic E-state index is 12.8. The molecule has 1 amide bonds. The van der Waals surface area contributed by atoms with Crippen molar-refractivity contribution in [2.75, 3.05) is 31.1 Å². The number of carbonyl (C=O) groups is 1. The lowest BCUT2D eigenvalue weighted by atomic mass is 10.1. The van der Waals surface area contributed by atoms with E-state index in [1.54, 1.807) is 0 Å². The summed E-state index contributed by atoms with van der Waals surface area (Å²) in [5.74, 6) is 1.02. The number of rotatable bonds is 4. The average Bonchev–Trinajstić information content (AvgIpc) is 2.83. The smallest absolute Gasteiger partial charge is 0.270 e. The van der Waals surface area contributed by atoms with Gasteiger partial charge in [-0.25, -0.2) is 9.97 Å². The Balaban J connectivity index is 1.23. The topological polar surface area (TPSA) is 82.2 Å². The molecule has 0 aliphatic carbocycles. The van der Waals surface area contributed by atoms with Gasteiger partial charge in [-0.05, 0) is 43.2 Å². The molecule has 1 N–H and O–H groups in total. The molecule has 7 nitrogen and oxygen atoms in total. The highest BCUT2D eigenvalue weighted by Crippen LogP contribution is 2.25. The summed E-state index contributed by atoms with van der Waals surface area (Å²) >= 11 is 0. The number of amides is 1. The summed E-state index contributed by atoms with van der Waals surface area (Å²) in [6.45, 7) is 6.98. The van der Waals surface area contributed by atoms with Crippen LogP contribution in [-0.2, 0) is 11.2 Å². The Labute approximate surface area is 192 Å². The number of nitrogens with zero attached hydrogens (tertiary/aromatic N) is 4. The third-order valence-corrected chi connectivity index (χ3v) is 6.44. The zero-order valence-electron chi connectivity index (χ0n) is 19.0. The van der Waals surface area contributed by atoms with E-state index >= 15 is 0 Å². The van der Waals surface area contributed by atoms with Crippen molar-refractivity contribution in [3.63, 3.8) is 0 Å². The van der Waals surface area contributed by atoms with Gasteiger partial charge in [0, 0.05) is 44.4 Å². The van der Waals surface area contributed by atoms with Crippen LogP contribution in [0.15, 0.2) is 53.3 Å². The first kappa shape index (κ1) is 21.1. The number of benzene rings is 2. The fourth-order valence-corrected chi connectivity index (χ4v) is 4.51. The molecular formula is C26H27N5O2. The summed E-state index contributed by atoms with van der Waals surface area (Å²) in [6.07, 6.45) is 0.616. The molecular weight excluding hydrogens is 414 g/mol. The second-order valence-corrected chi connectivity index (χ2v) is 8.67. The monoisotopic (exact) mass is 441 g/mol. The van der Waals surface area contributed by atoms with Crippen molar-refractivity contribution in [2.45, 2.75) is 26.7 Å². The van der Waals surface area contributed by atoms with E-state index in [1.807, 2.05) is 29.2 Å². The lowest BCUT2D eigenvalue weighted by Crippen LogP contribution is -2.49. The first-order valence-corrected chi connectivity index (χ1v) is 11.4. The van der Waals surface area contributed by atoms with E-state index in [9.17, 15) is 9.59 Å². The first-order valence-electron chi connectivity index (χ1n) is 11.4. The van der Waals surface area contributed by atoms with Crippen molar-refractivity contribution in [2.24, 2.45) is 0 Å². The van der Waals surface area contributed by atoms with E-state index in [-0.39, 0.29) is 17.9 Å². The number of nitrogens with one attached hydrogen (secondary N) is 1. The van der Waals surface area contributed by atoms with Crippen LogP contribution in [0.25, 0.3) is 21.9 Å². The summed E-state index contributed by atoms with van der Waals surface area (Å²) < 4.78 is 0. The van der Waals surface area contributed by atoms with Crippen molar-refractivity contribution in [1.29, 1.82) is 0 Å². The predicted octanol–water partition coefficient (Wildman–Crippen LogP) is 3.37. The number of aryl methyl sites for hydroxylation is 3. The van der Waals surface area contributed by atoms with Crippen LogP contribution in [0.1, 0.15) is 23.2 Å². The van der Waals surface area contributed by atoms with E-state index in [0.717, 1.165) is 29.9 Å². The minimum Gasteiger partial charge on any atom is -0.353 e. The van der Waals surface area contributed by atoms with Crippen LogP contribution < -0.4 is 10.5 Å². The van der Waals surface area contributed by atoms with Gasteiger partial charge in [0.15, 0.2) is 0 Å². The van der Waals surface area contributed by atoms with Crippen LogP contribution >= 0.6 is 0 Å². The number of aromatic nitrogens is 3. The number of fused-ring (bicyclic) bond motifs is 2. The summed E-state index contributed by atoms with van der Waals surface area (Å²) in [5, 5.41) is 1.19. The van der Waals surface area contributed by atoms with Gasteiger partial charge in [0.1, 0.15) is 11.5 Å². The highest BCUT2D eigenvalue weighted by atomic mass is 16.2. The molecule has 7 heteroatoms. The van der Waals surface area contributed by atoms with Crippen molar-refractivity contribution in [1.82, 2.24) is 19.9 Å². The van der Waals surface area contributed by atoms with E-state index < -0.39 is 0 Å². The van der Waals surface area contributed by atoms with Gasteiger partial charge in [0.25, 0.3) is 5.56 Å². The molecule has 4 aromatic rings. The van der Waals surface area contributed by atoms with Crippen LogP contribution in [0.5, 0.6) is 0 Å². The standard InChI is InChI=1S/C26H27N5O2/c1-17-6-5-7-19-18(2)16-23(29-25(17)19)30-12-14-31(15-13-30)24(32)11-10-22-26(33)28-21-9-4-3-8-20(21)27-22/h3-9,16H,10-15H2,1-2H3,(H,28,33). The molecule has 1 fully saturated rings. The molecule has 0 unspecified atom stereocenters. The number of anilines is 1. The van der Waals surface area contributed by atoms with E-state index in [1.165, 1.54) is 16.5 Å². The fourth-order valence-electron chi connectivity index (χ4n) is 4.51. The summed E-state index contributed by atoms with van der Waals surface area (Å²) in [5.41, 5.74) is 5.06. The SMILES string of the molecule is Cc1cc(N2CCN(C(=O)CCc3nc4ccccc4[nH]c3=O)CC2)nc2c(C)cccc12. The summed E-state index contributed by atoms with van der Waals surface area (Å²) in [6, 6.07) is 15.8. The van der Waals surface area contributed by atoms with Gasteiger partial charge in [0.2, 0.25) is 5.91 Å². The molecule has 168 valence electrons. The summed E-state index contributed by atoms with van der Waals surface area (Å²) in [7, 11) is 0. The van der Waals surface area contributed by atoms with Gasteiger partial charge in [0.05, 0.1) is 16.6 Å². The highest BCUT2D eigenvalue weighted by molar-refractivity contribution is 5.86. The van der Waals surface area contributed by atoms with E-state index in [4.69, 9.17) is 4.98 Å². The third kappa shape index (κ3) is 4.18. The van der Waals surface area contributed by atoms with E-state index in [0.29, 0.717) is 30.7 Å². The average molecular weight is 442 g/mol. The van der Waals surface area contributed by atoms with Crippen molar-refractivity contribution in [3.8, 4) is 0 Å². The van der Waals surface area contributed by atoms with Crippen molar-refractivity contribution in [3.05, 3.63) is 75.7 Å². The first-order chi connectivity index (χ1) is 16.0. The largest absolute Gasteiger partial charge is 0.353 e. The Hall–Kier alpha value is -3.74. The molecule has 2 aromatic carbocycles. The Morgan fingerprint density at radius 2 is 1.76 bits per heavy atom. The van der Waals surface area contributed by atoms with Gasteiger partial charge < -0.3 is 14.8 Å².